The van der Waals surface area contributed by atoms with Crippen LogP contribution < -0.4 is 0 Å². The summed E-state index contributed by atoms with van der Waals surface area (Å²) in [5, 5.41) is 11.2. The van der Waals surface area contributed by atoms with Crippen LogP contribution >= 0.6 is 0 Å². The van der Waals surface area contributed by atoms with E-state index >= 15 is 0 Å². The standard InChI is InChI=1S/C29H30F7NO4S/c1-25(30,29(34,35)36)21-7-8-22-19(16-21)4-9-23-26(22,17-18-2-5-20(6-3-18)28(31,32)33)10-13-37(23)24(38)27(39)11-14-42(40,41)15-12-27/h2-3,5-8,16,23,39H,4,9-15,17H2,1H3. The Hall–Kier alpha value is -2.67. The van der Waals surface area contributed by atoms with Crippen molar-refractivity contribution in [1.29, 1.82) is 0 Å². The van der Waals surface area contributed by atoms with Gasteiger partial charge in [-0.25, -0.2) is 12.8 Å². The van der Waals surface area contributed by atoms with Crippen LogP contribution in [0.15, 0.2) is 42.5 Å². The number of nitrogens with zero attached hydrogens (tertiary/aromatic N) is 1. The quantitative estimate of drug-likeness (QED) is 0.463. The average Bonchev–Trinajstić information content (AvgIpc) is 3.28. The van der Waals surface area contributed by atoms with Crippen LogP contribution in [0.1, 0.15) is 60.4 Å². The molecule has 42 heavy (non-hydrogen) atoms. The lowest BCUT2D eigenvalue weighted by Gasteiger charge is -2.45. The lowest BCUT2D eigenvalue weighted by molar-refractivity contribution is -0.228. The van der Waals surface area contributed by atoms with Gasteiger partial charge in [0.25, 0.3) is 5.91 Å². The van der Waals surface area contributed by atoms with E-state index in [4.69, 9.17) is 0 Å². The molecule has 2 saturated heterocycles. The number of likely N-dealkylation sites (tertiary alicyclic amines) is 1. The van der Waals surface area contributed by atoms with Crippen LogP contribution in [0.3, 0.4) is 0 Å². The number of aliphatic hydroxyl groups is 1. The van der Waals surface area contributed by atoms with Crippen molar-refractivity contribution in [2.75, 3.05) is 18.1 Å². The van der Waals surface area contributed by atoms with Crippen LogP contribution in [0, 0.1) is 0 Å². The number of halogens is 7. The van der Waals surface area contributed by atoms with Crippen LogP contribution in [-0.2, 0) is 44.7 Å². The number of carbonyl (C=O) groups is 1. The van der Waals surface area contributed by atoms with Crippen molar-refractivity contribution in [2.24, 2.45) is 0 Å². The molecule has 3 aliphatic rings. The van der Waals surface area contributed by atoms with Crippen molar-refractivity contribution in [3.8, 4) is 0 Å². The maximum atomic E-state index is 14.9. The molecule has 3 atom stereocenters. The highest BCUT2D eigenvalue weighted by molar-refractivity contribution is 7.91. The lowest BCUT2D eigenvalue weighted by Crippen LogP contribution is -2.57. The molecule has 1 aliphatic carbocycles. The molecule has 0 aromatic heterocycles. The van der Waals surface area contributed by atoms with Gasteiger partial charge in [0.2, 0.25) is 5.67 Å². The number of carbonyl (C=O) groups excluding carboxylic acids is 1. The van der Waals surface area contributed by atoms with Crippen LogP contribution in [0.4, 0.5) is 30.7 Å². The monoisotopic (exact) mass is 621 g/mol. The van der Waals surface area contributed by atoms with Gasteiger partial charge in [-0.2, -0.15) is 26.3 Å². The molecule has 3 unspecified atom stereocenters. The normalized spacial score (nSPS) is 26.7. The van der Waals surface area contributed by atoms with Gasteiger partial charge in [0, 0.05) is 18.0 Å². The summed E-state index contributed by atoms with van der Waals surface area (Å²) in [7, 11) is -3.39. The van der Waals surface area contributed by atoms with Gasteiger partial charge in [0.05, 0.1) is 17.1 Å². The fraction of sp³-hybridized carbons (Fsp3) is 0.552. The Bertz CT molecular complexity index is 1470. The number of amides is 1. The summed E-state index contributed by atoms with van der Waals surface area (Å²) in [5.74, 6) is -1.33. The van der Waals surface area contributed by atoms with Crippen molar-refractivity contribution >= 4 is 15.7 Å². The molecular weight excluding hydrogens is 591 g/mol. The molecule has 5 nitrogen and oxygen atoms in total. The first-order valence-corrected chi connectivity index (χ1v) is 15.4. The third-order valence-electron chi connectivity index (χ3n) is 9.33. The van der Waals surface area contributed by atoms with Gasteiger partial charge in [-0.05, 0) is 79.8 Å². The van der Waals surface area contributed by atoms with E-state index in [0.29, 0.717) is 23.6 Å². The summed E-state index contributed by atoms with van der Waals surface area (Å²) in [6, 6.07) is 7.61. The van der Waals surface area contributed by atoms with Crippen LogP contribution in [-0.4, -0.2) is 60.2 Å². The molecule has 5 rings (SSSR count). The smallest absolute Gasteiger partial charge is 0.380 e. The largest absolute Gasteiger partial charge is 0.426 e. The number of aryl methyl sites for hydroxylation is 1. The highest BCUT2D eigenvalue weighted by atomic mass is 32.2. The van der Waals surface area contributed by atoms with Crippen LogP contribution in [0.25, 0.3) is 0 Å². The van der Waals surface area contributed by atoms with Gasteiger partial charge in [-0.15, -0.1) is 0 Å². The van der Waals surface area contributed by atoms with Crippen molar-refractivity contribution < 1.29 is 49.1 Å². The molecule has 1 N–H and O–H groups in total. The zero-order valence-corrected chi connectivity index (χ0v) is 23.5. The van der Waals surface area contributed by atoms with Crippen LogP contribution in [0.5, 0.6) is 0 Å². The first-order chi connectivity index (χ1) is 19.3. The molecule has 230 valence electrons. The first kappa shape index (κ1) is 30.8. The molecule has 0 saturated carbocycles. The van der Waals surface area contributed by atoms with E-state index in [0.717, 1.165) is 18.2 Å². The number of fused-ring (bicyclic) bond motifs is 3. The second-order valence-corrected chi connectivity index (χ2v) is 14.2. The summed E-state index contributed by atoms with van der Waals surface area (Å²) in [5.41, 5.74) is -6.32. The SMILES string of the molecule is CC(F)(c1ccc2c(c1)CCC1N(C(=O)C3(O)CCS(=O)(=O)CC3)CCC21Cc1ccc(C(F)(F)F)cc1)C(F)(F)F. The van der Waals surface area contributed by atoms with Crippen LogP contribution in [0.2, 0.25) is 0 Å². The van der Waals surface area contributed by atoms with Crippen molar-refractivity contribution in [2.45, 2.75) is 80.5 Å². The number of sulfone groups is 1. The Morgan fingerprint density at radius 1 is 0.952 bits per heavy atom. The molecule has 1 amide bonds. The van der Waals surface area contributed by atoms with Crippen molar-refractivity contribution in [3.05, 3.63) is 70.3 Å². The maximum Gasteiger partial charge on any atom is 0.426 e. The minimum atomic E-state index is -5.16. The zero-order valence-electron chi connectivity index (χ0n) is 22.7. The van der Waals surface area contributed by atoms with E-state index in [2.05, 4.69) is 0 Å². The molecule has 0 radical (unpaired) electrons. The van der Waals surface area contributed by atoms with E-state index in [-0.39, 0.29) is 56.6 Å². The number of rotatable bonds is 4. The minimum Gasteiger partial charge on any atom is -0.380 e. The lowest BCUT2D eigenvalue weighted by atomic mass is 9.63. The number of hydrogen-bond acceptors (Lipinski definition) is 4. The predicted molar refractivity (Wildman–Crippen MR) is 139 cm³/mol. The number of benzene rings is 2. The molecular formula is C29H30F7NO4S. The predicted octanol–water partition coefficient (Wildman–Crippen LogP) is 5.42. The second-order valence-electron chi connectivity index (χ2n) is 11.9. The number of hydrogen-bond donors (Lipinski definition) is 1. The van der Waals surface area contributed by atoms with E-state index in [1.807, 2.05) is 0 Å². The van der Waals surface area contributed by atoms with Crippen molar-refractivity contribution in [1.82, 2.24) is 4.90 Å². The topological polar surface area (TPSA) is 74.7 Å². The third kappa shape index (κ3) is 5.20. The van der Waals surface area contributed by atoms with Gasteiger partial charge in [-0.1, -0.05) is 30.3 Å². The molecule has 2 fully saturated rings. The summed E-state index contributed by atoms with van der Waals surface area (Å²) in [4.78, 5) is 15.2. The molecule has 2 heterocycles. The molecule has 13 heteroatoms. The number of alkyl halides is 7. The Balaban J connectivity index is 1.55. The highest BCUT2D eigenvalue weighted by Gasteiger charge is 2.57. The van der Waals surface area contributed by atoms with E-state index in [9.17, 15) is 49.1 Å². The van der Waals surface area contributed by atoms with Gasteiger partial charge in [0.15, 0.2) is 9.84 Å². The third-order valence-corrected chi connectivity index (χ3v) is 11.0. The van der Waals surface area contributed by atoms with E-state index in [1.165, 1.54) is 29.2 Å². The summed E-state index contributed by atoms with van der Waals surface area (Å²) in [6.07, 6.45) is -9.35. The second kappa shape index (κ2) is 9.93. The Kier molecular flexibility index (Phi) is 7.28. The van der Waals surface area contributed by atoms with E-state index in [1.54, 1.807) is 0 Å². The average molecular weight is 622 g/mol. The molecule has 0 bridgehead atoms. The van der Waals surface area contributed by atoms with Gasteiger partial charge in [-0.3, -0.25) is 4.79 Å². The Morgan fingerprint density at radius 3 is 2.12 bits per heavy atom. The Labute approximate surface area is 238 Å². The Morgan fingerprint density at radius 2 is 1.55 bits per heavy atom. The fourth-order valence-electron chi connectivity index (χ4n) is 6.80. The summed E-state index contributed by atoms with van der Waals surface area (Å²) < 4.78 is 119. The zero-order chi connectivity index (χ0) is 30.9. The van der Waals surface area contributed by atoms with Gasteiger partial charge < -0.3 is 10.0 Å². The molecule has 2 aromatic carbocycles. The molecule has 2 aliphatic heterocycles. The highest BCUT2D eigenvalue weighted by Crippen LogP contribution is 2.51. The first-order valence-electron chi connectivity index (χ1n) is 13.6. The molecule has 2 aromatic rings. The van der Waals surface area contributed by atoms with Crippen molar-refractivity contribution in [3.63, 3.8) is 0 Å². The fourth-order valence-corrected chi connectivity index (χ4v) is 8.30. The molecule has 0 spiro atoms. The summed E-state index contributed by atoms with van der Waals surface area (Å²) in [6.45, 7) is 0.586. The summed E-state index contributed by atoms with van der Waals surface area (Å²) >= 11 is 0. The van der Waals surface area contributed by atoms with Gasteiger partial charge >= 0.3 is 12.4 Å². The maximum absolute atomic E-state index is 14.9. The van der Waals surface area contributed by atoms with E-state index < -0.39 is 62.0 Å². The minimum absolute atomic E-state index is 0.143. The van der Waals surface area contributed by atoms with Gasteiger partial charge in [0.1, 0.15) is 5.60 Å².